The van der Waals surface area contributed by atoms with Gasteiger partial charge in [-0.2, -0.15) is 0 Å². The molecule has 0 saturated heterocycles. The van der Waals surface area contributed by atoms with Gasteiger partial charge in [-0.1, -0.05) is 0 Å². The number of carbonyl (C=O) groups excluding carboxylic acids is 1. The van der Waals surface area contributed by atoms with Gasteiger partial charge in [0.1, 0.15) is 0 Å². The Morgan fingerprint density at radius 1 is 1.33 bits per heavy atom. The summed E-state index contributed by atoms with van der Waals surface area (Å²) in [6.07, 6.45) is 0. The average Bonchev–Trinajstić information content (AvgIpc) is 2.73. The summed E-state index contributed by atoms with van der Waals surface area (Å²) in [5.74, 6) is 0.578. The van der Waals surface area contributed by atoms with E-state index in [9.17, 15) is 4.79 Å². The molecule has 3 N–H and O–H groups in total. The van der Waals surface area contributed by atoms with Crippen LogP contribution in [-0.2, 0) is 11.3 Å². The number of rotatable bonds is 4. The largest absolute Gasteiger partial charge is 0.352 e. The lowest BCUT2D eigenvalue weighted by Crippen LogP contribution is -2.48. The molecule has 0 fully saturated rings. The van der Waals surface area contributed by atoms with Crippen LogP contribution in [0.2, 0.25) is 0 Å². The fourth-order valence-corrected chi connectivity index (χ4v) is 2.44. The van der Waals surface area contributed by atoms with Crippen molar-refractivity contribution in [2.24, 2.45) is 4.99 Å². The molecule has 0 aliphatic heterocycles. The summed E-state index contributed by atoms with van der Waals surface area (Å²) in [7, 11) is 1.69. The lowest BCUT2D eigenvalue weighted by molar-refractivity contribution is -0.121. The molecule has 0 unspecified atom stereocenters. The molecule has 1 aromatic rings. The summed E-state index contributed by atoms with van der Waals surface area (Å²) in [5.41, 5.74) is 1.05. The zero-order valence-corrected chi connectivity index (χ0v) is 16.4. The van der Waals surface area contributed by atoms with Gasteiger partial charge in [0.15, 0.2) is 5.96 Å². The maximum Gasteiger partial charge on any atom is 0.239 e. The number of nitrogens with one attached hydrogen (secondary N) is 3. The minimum atomic E-state index is -0.218. The molecule has 0 aliphatic carbocycles. The van der Waals surface area contributed by atoms with E-state index in [0.717, 1.165) is 0 Å². The molecule has 1 aromatic heterocycles. The predicted octanol–water partition coefficient (Wildman–Crippen LogP) is 2.25. The zero-order chi connectivity index (χ0) is 15.2. The lowest BCUT2D eigenvalue weighted by Gasteiger charge is -2.21. The summed E-state index contributed by atoms with van der Waals surface area (Å²) in [6.45, 7) is 8.87. The number of nitrogens with zero attached hydrogens (tertiary/aromatic N) is 1. The zero-order valence-electron chi connectivity index (χ0n) is 13.2. The Morgan fingerprint density at radius 2 is 2.00 bits per heavy atom. The van der Waals surface area contributed by atoms with Crippen molar-refractivity contribution in [1.29, 1.82) is 0 Å². The third kappa shape index (κ3) is 8.25. The van der Waals surface area contributed by atoms with E-state index in [0.29, 0.717) is 12.5 Å². The first-order valence-corrected chi connectivity index (χ1v) is 7.48. The fraction of sp³-hybridized carbons (Fsp3) is 0.571. The molecule has 120 valence electrons. The van der Waals surface area contributed by atoms with Gasteiger partial charge in [0.2, 0.25) is 5.91 Å². The second-order valence-corrected chi connectivity index (χ2v) is 6.60. The summed E-state index contributed by atoms with van der Waals surface area (Å²) >= 11 is 1.71. The Bertz CT molecular complexity index is 480. The van der Waals surface area contributed by atoms with Gasteiger partial charge in [-0.25, -0.2) is 0 Å². The monoisotopic (exact) mass is 424 g/mol. The van der Waals surface area contributed by atoms with Gasteiger partial charge < -0.3 is 16.0 Å². The van der Waals surface area contributed by atoms with Crippen molar-refractivity contribution in [2.75, 3.05) is 13.6 Å². The molecule has 5 nitrogen and oxygen atoms in total. The number of amides is 1. The number of guanidine groups is 1. The second kappa shape index (κ2) is 9.24. The van der Waals surface area contributed by atoms with E-state index in [1.54, 1.807) is 18.4 Å². The minimum Gasteiger partial charge on any atom is -0.352 e. The molecular weight excluding hydrogens is 399 g/mol. The number of aliphatic imine (C=N–C) groups is 1. The van der Waals surface area contributed by atoms with E-state index >= 15 is 0 Å². The van der Waals surface area contributed by atoms with Crippen molar-refractivity contribution in [3.05, 3.63) is 21.9 Å². The van der Waals surface area contributed by atoms with Crippen LogP contribution in [0.25, 0.3) is 0 Å². The normalized spacial score (nSPS) is 11.6. The van der Waals surface area contributed by atoms with E-state index in [1.807, 2.05) is 20.8 Å². The molecule has 0 atom stereocenters. The van der Waals surface area contributed by atoms with Crippen LogP contribution in [0.1, 0.15) is 31.2 Å². The highest BCUT2D eigenvalue weighted by atomic mass is 127. The highest BCUT2D eigenvalue weighted by Crippen LogP contribution is 2.14. The molecule has 0 spiro atoms. The number of carbonyl (C=O) groups is 1. The maximum absolute atomic E-state index is 11.7. The third-order valence-electron chi connectivity index (χ3n) is 2.54. The molecule has 0 bridgehead atoms. The lowest BCUT2D eigenvalue weighted by atomic mass is 10.1. The van der Waals surface area contributed by atoms with Crippen LogP contribution in [0.4, 0.5) is 0 Å². The van der Waals surface area contributed by atoms with Crippen molar-refractivity contribution in [3.8, 4) is 0 Å². The summed E-state index contributed by atoms with van der Waals surface area (Å²) in [6, 6.07) is 2.09. The van der Waals surface area contributed by atoms with Crippen molar-refractivity contribution in [3.63, 3.8) is 0 Å². The van der Waals surface area contributed by atoms with Crippen LogP contribution in [0.5, 0.6) is 0 Å². The summed E-state index contributed by atoms with van der Waals surface area (Å²) < 4.78 is 0. The molecule has 21 heavy (non-hydrogen) atoms. The SMILES string of the molecule is CN=C(NCC(=O)NC(C)(C)C)NCc1sccc1C.I. The highest BCUT2D eigenvalue weighted by molar-refractivity contribution is 14.0. The van der Waals surface area contributed by atoms with Crippen LogP contribution in [0.15, 0.2) is 16.4 Å². The molecule has 1 rings (SSSR count). The van der Waals surface area contributed by atoms with E-state index in [-0.39, 0.29) is 42.0 Å². The van der Waals surface area contributed by atoms with Crippen LogP contribution in [-0.4, -0.2) is 31.0 Å². The van der Waals surface area contributed by atoms with Gasteiger partial charge in [0, 0.05) is 17.5 Å². The number of aryl methyl sites for hydroxylation is 1. The van der Waals surface area contributed by atoms with Crippen LogP contribution >= 0.6 is 35.3 Å². The van der Waals surface area contributed by atoms with Gasteiger partial charge in [-0.15, -0.1) is 35.3 Å². The van der Waals surface area contributed by atoms with Gasteiger partial charge in [0.25, 0.3) is 0 Å². The Balaban J connectivity index is 0.00000400. The first-order valence-electron chi connectivity index (χ1n) is 6.60. The van der Waals surface area contributed by atoms with E-state index in [4.69, 9.17) is 0 Å². The molecule has 0 aliphatic rings. The summed E-state index contributed by atoms with van der Waals surface area (Å²) in [4.78, 5) is 17.1. The molecule has 0 radical (unpaired) electrons. The van der Waals surface area contributed by atoms with Gasteiger partial charge in [0.05, 0.1) is 13.1 Å². The second-order valence-electron chi connectivity index (χ2n) is 5.60. The Kier molecular flexibility index (Phi) is 8.88. The molecule has 0 aromatic carbocycles. The van der Waals surface area contributed by atoms with Gasteiger partial charge in [-0.05, 0) is 44.7 Å². The fourth-order valence-electron chi connectivity index (χ4n) is 1.60. The van der Waals surface area contributed by atoms with E-state index in [2.05, 4.69) is 39.3 Å². The summed E-state index contributed by atoms with van der Waals surface area (Å²) in [5, 5.41) is 11.2. The van der Waals surface area contributed by atoms with Crippen molar-refractivity contribution in [1.82, 2.24) is 16.0 Å². The van der Waals surface area contributed by atoms with E-state index in [1.165, 1.54) is 10.4 Å². The van der Waals surface area contributed by atoms with Gasteiger partial charge >= 0.3 is 0 Å². The van der Waals surface area contributed by atoms with Crippen LogP contribution < -0.4 is 16.0 Å². The Morgan fingerprint density at radius 3 is 2.48 bits per heavy atom. The highest BCUT2D eigenvalue weighted by Gasteiger charge is 2.13. The third-order valence-corrected chi connectivity index (χ3v) is 3.56. The maximum atomic E-state index is 11.7. The molecule has 0 saturated carbocycles. The smallest absolute Gasteiger partial charge is 0.239 e. The van der Waals surface area contributed by atoms with Crippen molar-refractivity contribution >= 4 is 47.2 Å². The molecular formula is C14H25IN4OS. The van der Waals surface area contributed by atoms with E-state index < -0.39 is 0 Å². The molecule has 7 heteroatoms. The molecule has 1 heterocycles. The number of halogens is 1. The molecule has 1 amide bonds. The van der Waals surface area contributed by atoms with Gasteiger partial charge in [-0.3, -0.25) is 9.79 Å². The Hall–Kier alpha value is -0.830. The quantitative estimate of drug-likeness (QED) is 0.395. The van der Waals surface area contributed by atoms with Crippen LogP contribution in [0, 0.1) is 6.92 Å². The Labute approximate surface area is 148 Å². The number of hydrogen-bond donors (Lipinski definition) is 3. The predicted molar refractivity (Wildman–Crippen MR) is 101 cm³/mol. The average molecular weight is 424 g/mol. The standard InChI is InChI=1S/C14H24N4OS.HI/c1-10-6-7-20-11(10)8-16-13(15-5)17-9-12(19)18-14(2,3)4;/h6-7H,8-9H2,1-5H3,(H,18,19)(H2,15,16,17);1H. The topological polar surface area (TPSA) is 65.5 Å². The van der Waals surface area contributed by atoms with Crippen LogP contribution in [0.3, 0.4) is 0 Å². The number of hydrogen-bond acceptors (Lipinski definition) is 3. The van der Waals surface area contributed by atoms with Crippen molar-refractivity contribution < 1.29 is 4.79 Å². The van der Waals surface area contributed by atoms with Crippen molar-refractivity contribution in [2.45, 2.75) is 39.8 Å². The number of thiophene rings is 1. The first kappa shape index (κ1) is 20.2. The minimum absolute atomic E-state index is 0. The first-order chi connectivity index (χ1) is 9.31.